The molecule has 2 aromatic carbocycles. The van der Waals surface area contributed by atoms with Gasteiger partial charge in [-0.15, -0.1) is 0 Å². The molecule has 8 heteroatoms. The van der Waals surface area contributed by atoms with Crippen molar-refractivity contribution in [2.45, 2.75) is 40.2 Å². The number of carboxylic acid groups (broad SMARTS) is 1. The van der Waals surface area contributed by atoms with Gasteiger partial charge in [0.1, 0.15) is 11.5 Å². The Kier molecular flexibility index (Phi) is 8.82. The molecule has 5 N–H and O–H groups in total. The van der Waals surface area contributed by atoms with Gasteiger partial charge in [0.05, 0.1) is 19.8 Å². The lowest BCUT2D eigenvalue weighted by atomic mass is 10.0. The van der Waals surface area contributed by atoms with E-state index >= 15 is 0 Å². The number of aryl methyl sites for hydroxylation is 2. The molecule has 31 heavy (non-hydrogen) atoms. The largest absolute Gasteiger partial charge is 0.507 e. The fourth-order valence-corrected chi connectivity index (χ4v) is 3.56. The van der Waals surface area contributed by atoms with E-state index < -0.39 is 5.97 Å². The third kappa shape index (κ3) is 6.93. The highest BCUT2D eigenvalue weighted by Crippen LogP contribution is 2.27. The molecule has 0 aromatic heterocycles. The minimum atomic E-state index is -1.01. The van der Waals surface area contributed by atoms with Crippen LogP contribution in [-0.4, -0.2) is 60.9 Å². The molecule has 0 aliphatic heterocycles. The summed E-state index contributed by atoms with van der Waals surface area (Å²) in [6.45, 7) is 3.82. The second-order valence-electron chi connectivity index (χ2n) is 7.75. The first-order valence-corrected chi connectivity index (χ1v) is 9.92. The average molecular weight is 431 g/mol. The zero-order valence-electron chi connectivity index (χ0n) is 17.9. The number of aliphatic hydroxyl groups excluding tert-OH is 2. The molecule has 2 rings (SSSR count). The van der Waals surface area contributed by atoms with Crippen LogP contribution in [0.1, 0.15) is 33.4 Å². The van der Waals surface area contributed by atoms with Gasteiger partial charge < -0.3 is 25.5 Å². The van der Waals surface area contributed by atoms with E-state index in [4.69, 9.17) is 7.05 Å². The molecule has 8 nitrogen and oxygen atoms in total. The second kappa shape index (κ2) is 11.1. The van der Waals surface area contributed by atoms with Crippen molar-refractivity contribution in [3.8, 4) is 11.5 Å². The van der Waals surface area contributed by atoms with Gasteiger partial charge in [-0.1, -0.05) is 35.4 Å². The summed E-state index contributed by atoms with van der Waals surface area (Å²) in [5.41, 5.74) is 3.64. The standard InChI is InChI=1S/C23H30N2O6/c1-15-6-17(22(30)19(8-15)13-26)10-24(3)4-5-25(12-21(28)29)11-18-7-16(2)9-20(14-27)23(18)31/h3,6-9,26-27,30-31H,4-5,10-14H2,1-2H3,(H,28,29). The van der Waals surface area contributed by atoms with Crippen molar-refractivity contribution in [1.82, 2.24) is 9.80 Å². The van der Waals surface area contributed by atoms with Crippen molar-refractivity contribution >= 4 is 5.97 Å². The SMILES string of the molecule is [CH]N(CCN(CC(=O)O)Cc1cc(C)cc(CO)c1O)Cc1cc(C)cc(CO)c1O. The minimum Gasteiger partial charge on any atom is -0.507 e. The van der Waals surface area contributed by atoms with Gasteiger partial charge in [0, 0.05) is 55.5 Å². The van der Waals surface area contributed by atoms with E-state index in [1.54, 1.807) is 29.2 Å². The summed E-state index contributed by atoms with van der Waals surface area (Å²) < 4.78 is 0. The zero-order chi connectivity index (χ0) is 23.1. The minimum absolute atomic E-state index is 0.00726. The van der Waals surface area contributed by atoms with Crippen molar-refractivity contribution in [2.24, 2.45) is 0 Å². The highest BCUT2D eigenvalue weighted by Gasteiger charge is 2.17. The van der Waals surface area contributed by atoms with Gasteiger partial charge in [-0.3, -0.25) is 14.6 Å². The van der Waals surface area contributed by atoms with Crippen molar-refractivity contribution in [1.29, 1.82) is 0 Å². The van der Waals surface area contributed by atoms with Crippen LogP contribution in [0, 0.1) is 20.9 Å². The molecular formula is C23H30N2O6. The monoisotopic (exact) mass is 430 g/mol. The van der Waals surface area contributed by atoms with Crippen molar-refractivity contribution in [3.05, 3.63) is 64.7 Å². The van der Waals surface area contributed by atoms with Crippen LogP contribution in [-0.2, 0) is 31.1 Å². The van der Waals surface area contributed by atoms with Crippen LogP contribution >= 0.6 is 0 Å². The fourth-order valence-electron chi connectivity index (χ4n) is 3.56. The zero-order valence-corrected chi connectivity index (χ0v) is 17.9. The second-order valence-corrected chi connectivity index (χ2v) is 7.75. The molecule has 0 fully saturated rings. The van der Waals surface area contributed by atoms with E-state index in [1.165, 1.54) is 4.90 Å². The molecule has 0 saturated heterocycles. The summed E-state index contributed by atoms with van der Waals surface area (Å²) >= 11 is 0. The van der Waals surface area contributed by atoms with Gasteiger partial charge >= 0.3 is 5.97 Å². The van der Waals surface area contributed by atoms with Crippen molar-refractivity contribution in [2.75, 3.05) is 19.6 Å². The number of nitrogens with zero attached hydrogens (tertiary/aromatic N) is 2. The van der Waals surface area contributed by atoms with Crippen LogP contribution in [0.25, 0.3) is 0 Å². The molecule has 0 saturated carbocycles. The Morgan fingerprint density at radius 2 is 1.29 bits per heavy atom. The lowest BCUT2D eigenvalue weighted by Gasteiger charge is -2.25. The topological polar surface area (TPSA) is 125 Å². The molecule has 0 amide bonds. The first kappa shape index (κ1) is 24.6. The number of hydrogen-bond acceptors (Lipinski definition) is 7. The highest BCUT2D eigenvalue weighted by atomic mass is 16.4. The molecule has 0 aliphatic rings. The average Bonchev–Trinajstić information content (AvgIpc) is 2.70. The fraction of sp³-hybridized carbons (Fsp3) is 0.391. The first-order valence-electron chi connectivity index (χ1n) is 9.92. The van der Waals surface area contributed by atoms with Crippen LogP contribution in [0.3, 0.4) is 0 Å². The molecule has 0 spiro atoms. The third-order valence-corrected chi connectivity index (χ3v) is 4.99. The Morgan fingerprint density at radius 1 is 0.839 bits per heavy atom. The van der Waals surface area contributed by atoms with E-state index in [-0.39, 0.29) is 44.3 Å². The molecule has 0 atom stereocenters. The van der Waals surface area contributed by atoms with Crippen molar-refractivity contribution in [3.63, 3.8) is 0 Å². The Bertz CT molecular complexity index is 915. The van der Waals surface area contributed by atoms with E-state index in [0.717, 1.165) is 11.1 Å². The molecule has 0 aliphatic carbocycles. The van der Waals surface area contributed by atoms with Crippen LogP contribution in [0.2, 0.25) is 0 Å². The van der Waals surface area contributed by atoms with E-state index in [9.17, 15) is 30.3 Å². The van der Waals surface area contributed by atoms with Gasteiger partial charge in [0.25, 0.3) is 0 Å². The summed E-state index contributed by atoms with van der Waals surface area (Å²) in [6.07, 6.45) is 0. The number of rotatable bonds is 11. The predicted octanol–water partition coefficient (Wildman–Crippen LogP) is 1.76. The maximum absolute atomic E-state index is 11.3. The first-order chi connectivity index (χ1) is 14.6. The quantitative estimate of drug-likeness (QED) is 0.342. The van der Waals surface area contributed by atoms with Crippen molar-refractivity contribution < 1.29 is 30.3 Å². The molecule has 2 radical (unpaired) electrons. The number of benzene rings is 2. The lowest BCUT2D eigenvalue weighted by molar-refractivity contribution is -0.138. The number of aromatic hydroxyl groups is 2. The van der Waals surface area contributed by atoms with Gasteiger partial charge in [0.15, 0.2) is 0 Å². The van der Waals surface area contributed by atoms with Gasteiger partial charge in [-0.25, -0.2) is 0 Å². The van der Waals surface area contributed by atoms with Gasteiger partial charge in [-0.05, 0) is 13.8 Å². The number of hydrogen-bond donors (Lipinski definition) is 5. The predicted molar refractivity (Wildman–Crippen MR) is 115 cm³/mol. The van der Waals surface area contributed by atoms with E-state index in [2.05, 4.69) is 0 Å². The van der Waals surface area contributed by atoms with E-state index in [1.807, 2.05) is 13.8 Å². The highest BCUT2D eigenvalue weighted by molar-refractivity contribution is 5.69. The molecule has 0 bridgehead atoms. The van der Waals surface area contributed by atoms with Crippen LogP contribution < -0.4 is 0 Å². The summed E-state index contributed by atoms with van der Waals surface area (Å²) in [4.78, 5) is 14.4. The smallest absolute Gasteiger partial charge is 0.317 e. The Balaban J connectivity index is 2.10. The maximum atomic E-state index is 11.3. The number of aliphatic hydroxyl groups is 2. The Labute approximate surface area is 182 Å². The Morgan fingerprint density at radius 3 is 1.74 bits per heavy atom. The molecular weight excluding hydrogens is 400 g/mol. The summed E-state index contributed by atoms with van der Waals surface area (Å²) in [7, 11) is 6.09. The molecule has 0 unspecified atom stereocenters. The van der Waals surface area contributed by atoms with Crippen LogP contribution in [0.15, 0.2) is 24.3 Å². The number of carbonyl (C=O) groups is 1. The van der Waals surface area contributed by atoms with Gasteiger partial charge in [-0.2, -0.15) is 0 Å². The molecule has 2 aromatic rings. The van der Waals surface area contributed by atoms with Crippen LogP contribution in [0.4, 0.5) is 0 Å². The van der Waals surface area contributed by atoms with E-state index in [0.29, 0.717) is 35.3 Å². The Hall–Kier alpha value is -2.65. The summed E-state index contributed by atoms with van der Waals surface area (Å²) in [6, 6.07) is 6.91. The summed E-state index contributed by atoms with van der Waals surface area (Å²) in [5.74, 6) is -1.07. The normalized spacial score (nSPS) is 11.5. The van der Waals surface area contributed by atoms with Crippen LogP contribution in [0.5, 0.6) is 11.5 Å². The number of aliphatic carboxylic acids is 1. The molecule has 168 valence electrons. The summed E-state index contributed by atoms with van der Waals surface area (Å²) in [5, 5.41) is 48.7. The molecule has 0 heterocycles. The number of phenols is 2. The lowest BCUT2D eigenvalue weighted by Crippen LogP contribution is -2.35. The third-order valence-electron chi connectivity index (χ3n) is 4.99. The maximum Gasteiger partial charge on any atom is 0.317 e. The number of carboxylic acids is 1. The van der Waals surface area contributed by atoms with Gasteiger partial charge in [0.2, 0.25) is 0 Å².